The van der Waals surface area contributed by atoms with Crippen molar-refractivity contribution in [1.29, 1.82) is 0 Å². The second kappa shape index (κ2) is 9.13. The molecule has 15 heavy (non-hydrogen) atoms. The average Bonchev–Trinajstić information content (AvgIpc) is 2.29. The maximum Gasteiger partial charge on any atom is 0.0587 e. The molecule has 0 aromatic carbocycles. The summed E-state index contributed by atoms with van der Waals surface area (Å²) in [6.07, 6.45) is 2.31. The minimum absolute atomic E-state index is 0.295. The van der Waals surface area contributed by atoms with Crippen molar-refractivity contribution in [3.05, 3.63) is 0 Å². The fraction of sp³-hybridized carbons (Fsp3) is 1.00. The highest BCUT2D eigenvalue weighted by Gasteiger charge is 2.25. The standard InChI is InChI=1S/C12H27NO2/c1-5-12(6-2,11-15-7-3)10-13-8-9-14-4/h13H,5-11H2,1-4H3. The van der Waals surface area contributed by atoms with E-state index in [2.05, 4.69) is 26.1 Å². The van der Waals surface area contributed by atoms with Crippen LogP contribution in [0.25, 0.3) is 0 Å². The van der Waals surface area contributed by atoms with Crippen molar-refractivity contribution in [2.75, 3.05) is 40.0 Å². The molecule has 0 atom stereocenters. The van der Waals surface area contributed by atoms with Gasteiger partial charge in [-0.3, -0.25) is 0 Å². The number of ether oxygens (including phenoxy) is 2. The van der Waals surface area contributed by atoms with Crippen LogP contribution in [-0.4, -0.2) is 40.0 Å². The molecule has 0 aromatic rings. The normalized spacial score (nSPS) is 12.0. The first kappa shape index (κ1) is 14.9. The third-order valence-corrected chi connectivity index (χ3v) is 3.10. The van der Waals surface area contributed by atoms with E-state index in [9.17, 15) is 0 Å². The molecule has 0 heterocycles. The zero-order chi connectivity index (χ0) is 11.6. The lowest BCUT2D eigenvalue weighted by Crippen LogP contribution is -2.38. The fourth-order valence-electron chi connectivity index (χ4n) is 1.60. The van der Waals surface area contributed by atoms with E-state index in [1.165, 1.54) is 0 Å². The Hall–Kier alpha value is -0.120. The van der Waals surface area contributed by atoms with Crippen molar-refractivity contribution < 1.29 is 9.47 Å². The number of methoxy groups -OCH3 is 1. The van der Waals surface area contributed by atoms with Gasteiger partial charge in [-0.25, -0.2) is 0 Å². The lowest BCUT2D eigenvalue weighted by molar-refractivity contribution is 0.0435. The second-order valence-electron chi connectivity index (χ2n) is 4.01. The maximum absolute atomic E-state index is 5.57. The van der Waals surface area contributed by atoms with Gasteiger partial charge >= 0.3 is 0 Å². The largest absolute Gasteiger partial charge is 0.383 e. The van der Waals surface area contributed by atoms with E-state index in [0.29, 0.717) is 5.41 Å². The molecule has 0 aliphatic heterocycles. The van der Waals surface area contributed by atoms with Gasteiger partial charge in [0.2, 0.25) is 0 Å². The van der Waals surface area contributed by atoms with Crippen LogP contribution in [0.1, 0.15) is 33.6 Å². The van der Waals surface area contributed by atoms with Crippen molar-refractivity contribution in [2.24, 2.45) is 5.41 Å². The molecule has 0 radical (unpaired) electrons. The number of rotatable bonds is 10. The van der Waals surface area contributed by atoms with E-state index in [0.717, 1.165) is 45.8 Å². The Morgan fingerprint density at radius 2 is 1.80 bits per heavy atom. The van der Waals surface area contributed by atoms with Crippen molar-refractivity contribution in [3.8, 4) is 0 Å². The summed E-state index contributed by atoms with van der Waals surface area (Å²) in [6, 6.07) is 0. The van der Waals surface area contributed by atoms with E-state index in [-0.39, 0.29) is 0 Å². The Morgan fingerprint density at radius 1 is 1.13 bits per heavy atom. The minimum atomic E-state index is 0.295. The topological polar surface area (TPSA) is 30.5 Å². The molecule has 3 nitrogen and oxygen atoms in total. The van der Waals surface area contributed by atoms with Gasteiger partial charge in [0.05, 0.1) is 13.2 Å². The molecule has 0 amide bonds. The number of hydrogen-bond donors (Lipinski definition) is 1. The van der Waals surface area contributed by atoms with E-state index in [1.807, 2.05) is 0 Å². The lowest BCUT2D eigenvalue weighted by Gasteiger charge is -2.31. The molecule has 0 unspecified atom stereocenters. The highest BCUT2D eigenvalue weighted by molar-refractivity contribution is 4.78. The van der Waals surface area contributed by atoms with Crippen LogP contribution in [0.15, 0.2) is 0 Å². The van der Waals surface area contributed by atoms with Crippen molar-refractivity contribution in [3.63, 3.8) is 0 Å². The van der Waals surface area contributed by atoms with Crippen LogP contribution in [0, 0.1) is 5.41 Å². The Bertz CT molecular complexity index is 136. The van der Waals surface area contributed by atoms with Gasteiger partial charge in [0.25, 0.3) is 0 Å². The summed E-state index contributed by atoms with van der Waals surface area (Å²) in [5, 5.41) is 3.43. The highest BCUT2D eigenvalue weighted by Crippen LogP contribution is 2.25. The molecule has 1 N–H and O–H groups in total. The van der Waals surface area contributed by atoms with Crippen LogP contribution in [0.4, 0.5) is 0 Å². The third-order valence-electron chi connectivity index (χ3n) is 3.10. The van der Waals surface area contributed by atoms with Crippen LogP contribution in [0.2, 0.25) is 0 Å². The van der Waals surface area contributed by atoms with Crippen molar-refractivity contribution >= 4 is 0 Å². The molecule has 92 valence electrons. The van der Waals surface area contributed by atoms with Gasteiger partial charge in [0, 0.05) is 32.2 Å². The molecule has 0 bridgehead atoms. The Kier molecular flexibility index (Phi) is 9.06. The zero-order valence-corrected chi connectivity index (χ0v) is 10.8. The summed E-state index contributed by atoms with van der Waals surface area (Å²) < 4.78 is 10.6. The SMILES string of the molecule is CCOCC(CC)(CC)CNCCOC. The first-order chi connectivity index (χ1) is 7.24. The van der Waals surface area contributed by atoms with Crippen LogP contribution in [-0.2, 0) is 9.47 Å². The first-order valence-corrected chi connectivity index (χ1v) is 6.02. The van der Waals surface area contributed by atoms with Gasteiger partial charge in [-0.05, 0) is 19.8 Å². The highest BCUT2D eigenvalue weighted by atomic mass is 16.5. The van der Waals surface area contributed by atoms with Crippen LogP contribution >= 0.6 is 0 Å². The zero-order valence-electron chi connectivity index (χ0n) is 10.8. The lowest BCUT2D eigenvalue weighted by atomic mass is 9.83. The number of hydrogen-bond acceptors (Lipinski definition) is 3. The van der Waals surface area contributed by atoms with Crippen LogP contribution in [0.3, 0.4) is 0 Å². The summed E-state index contributed by atoms with van der Waals surface area (Å²) in [6.45, 7) is 10.9. The van der Waals surface area contributed by atoms with E-state index in [4.69, 9.17) is 9.47 Å². The van der Waals surface area contributed by atoms with Gasteiger partial charge in [-0.15, -0.1) is 0 Å². The van der Waals surface area contributed by atoms with E-state index >= 15 is 0 Å². The molecule has 0 aliphatic carbocycles. The second-order valence-corrected chi connectivity index (χ2v) is 4.01. The van der Waals surface area contributed by atoms with E-state index in [1.54, 1.807) is 7.11 Å². The van der Waals surface area contributed by atoms with Gasteiger partial charge in [-0.2, -0.15) is 0 Å². The maximum atomic E-state index is 5.57. The molecule has 0 aromatic heterocycles. The van der Waals surface area contributed by atoms with Gasteiger partial charge < -0.3 is 14.8 Å². The quantitative estimate of drug-likeness (QED) is 0.568. The predicted octanol–water partition coefficient (Wildman–Crippen LogP) is 2.07. The molecule has 0 rings (SSSR count). The van der Waals surface area contributed by atoms with E-state index < -0.39 is 0 Å². The summed E-state index contributed by atoms with van der Waals surface area (Å²) in [4.78, 5) is 0. The van der Waals surface area contributed by atoms with Gasteiger partial charge in [0.15, 0.2) is 0 Å². The Morgan fingerprint density at radius 3 is 2.27 bits per heavy atom. The third kappa shape index (κ3) is 6.13. The molecule has 0 aliphatic rings. The summed E-state index contributed by atoms with van der Waals surface area (Å²) >= 11 is 0. The van der Waals surface area contributed by atoms with Crippen molar-refractivity contribution in [1.82, 2.24) is 5.32 Å². The van der Waals surface area contributed by atoms with Gasteiger partial charge in [-0.1, -0.05) is 13.8 Å². The molecular formula is C12H27NO2. The smallest absolute Gasteiger partial charge is 0.0587 e. The average molecular weight is 217 g/mol. The predicted molar refractivity (Wildman–Crippen MR) is 64.3 cm³/mol. The molecule has 3 heteroatoms. The first-order valence-electron chi connectivity index (χ1n) is 6.02. The summed E-state index contributed by atoms with van der Waals surface area (Å²) in [5.41, 5.74) is 0.295. The number of nitrogens with one attached hydrogen (secondary N) is 1. The minimum Gasteiger partial charge on any atom is -0.383 e. The molecule has 0 saturated heterocycles. The monoisotopic (exact) mass is 217 g/mol. The van der Waals surface area contributed by atoms with Crippen LogP contribution in [0.5, 0.6) is 0 Å². The fourth-order valence-corrected chi connectivity index (χ4v) is 1.60. The summed E-state index contributed by atoms with van der Waals surface area (Å²) in [7, 11) is 1.73. The molecule has 0 saturated carbocycles. The molecular weight excluding hydrogens is 190 g/mol. The molecule has 0 fully saturated rings. The van der Waals surface area contributed by atoms with Gasteiger partial charge in [0.1, 0.15) is 0 Å². The van der Waals surface area contributed by atoms with Crippen LogP contribution < -0.4 is 5.32 Å². The Balaban J connectivity index is 3.88. The molecule has 0 spiro atoms. The van der Waals surface area contributed by atoms with Crippen molar-refractivity contribution in [2.45, 2.75) is 33.6 Å². The summed E-state index contributed by atoms with van der Waals surface area (Å²) in [5.74, 6) is 0. The Labute approximate surface area is 94.5 Å².